The van der Waals surface area contributed by atoms with Gasteiger partial charge in [0.25, 0.3) is 5.91 Å². The summed E-state index contributed by atoms with van der Waals surface area (Å²) < 4.78 is 10.3. The zero-order valence-corrected chi connectivity index (χ0v) is 15.0. The number of rotatable bonds is 4. The number of carbonyl (C=O) groups excluding carboxylic acids is 2. The lowest BCUT2D eigenvalue weighted by molar-refractivity contribution is 0.102. The van der Waals surface area contributed by atoms with Crippen LogP contribution >= 0.6 is 0 Å². The molecule has 0 spiro atoms. The fraction of sp³-hybridized carbons (Fsp3) is 0.300. The van der Waals surface area contributed by atoms with Gasteiger partial charge in [-0.2, -0.15) is 0 Å². The van der Waals surface area contributed by atoms with Gasteiger partial charge in [-0.15, -0.1) is 0 Å². The maximum absolute atomic E-state index is 12.6. The van der Waals surface area contributed by atoms with Crippen molar-refractivity contribution < 1.29 is 19.1 Å². The summed E-state index contributed by atoms with van der Waals surface area (Å²) in [5.74, 6) is 0.331. The first kappa shape index (κ1) is 17.8. The van der Waals surface area contributed by atoms with E-state index in [1.807, 2.05) is 31.2 Å². The van der Waals surface area contributed by atoms with Gasteiger partial charge in [-0.3, -0.25) is 4.79 Å². The molecule has 0 aliphatic carbocycles. The van der Waals surface area contributed by atoms with Gasteiger partial charge in [0.15, 0.2) is 0 Å². The van der Waals surface area contributed by atoms with Gasteiger partial charge in [-0.1, -0.05) is 18.2 Å². The largest absolute Gasteiger partial charge is 0.493 e. The monoisotopic (exact) mass is 354 g/mol. The lowest BCUT2D eigenvalue weighted by atomic mass is 9.99. The molecule has 3 rings (SSSR count). The van der Waals surface area contributed by atoms with Crippen LogP contribution in [0.1, 0.15) is 28.4 Å². The minimum Gasteiger partial charge on any atom is -0.493 e. The van der Waals surface area contributed by atoms with Crippen LogP contribution in [0, 0.1) is 0 Å². The fourth-order valence-electron chi connectivity index (χ4n) is 3.05. The van der Waals surface area contributed by atoms with Crippen LogP contribution in [-0.4, -0.2) is 37.2 Å². The van der Waals surface area contributed by atoms with Crippen LogP contribution in [0.3, 0.4) is 0 Å². The van der Waals surface area contributed by atoms with E-state index in [9.17, 15) is 9.59 Å². The number of hydrogen-bond acceptors (Lipinski definition) is 4. The maximum Gasteiger partial charge on any atom is 0.409 e. The van der Waals surface area contributed by atoms with Gasteiger partial charge in [-0.25, -0.2) is 4.79 Å². The second-order valence-corrected chi connectivity index (χ2v) is 6.01. The Hall–Kier alpha value is -3.02. The predicted molar refractivity (Wildman–Crippen MR) is 98.5 cm³/mol. The summed E-state index contributed by atoms with van der Waals surface area (Å²) in [7, 11) is 1.38. The number of para-hydroxylation sites is 1. The van der Waals surface area contributed by atoms with Crippen LogP contribution in [0.5, 0.6) is 5.75 Å². The van der Waals surface area contributed by atoms with Crippen LogP contribution in [0.4, 0.5) is 10.5 Å². The molecule has 0 unspecified atom stereocenters. The molecule has 0 saturated carbocycles. The lowest BCUT2D eigenvalue weighted by Gasteiger charge is -2.28. The summed E-state index contributed by atoms with van der Waals surface area (Å²) in [4.78, 5) is 26.0. The third-order valence-electron chi connectivity index (χ3n) is 4.34. The highest BCUT2D eigenvalue weighted by atomic mass is 16.5. The number of benzene rings is 2. The van der Waals surface area contributed by atoms with Crippen LogP contribution < -0.4 is 10.1 Å². The van der Waals surface area contributed by atoms with E-state index in [-0.39, 0.29) is 12.0 Å². The zero-order chi connectivity index (χ0) is 18.5. The van der Waals surface area contributed by atoms with E-state index in [0.29, 0.717) is 36.7 Å². The van der Waals surface area contributed by atoms with Crippen molar-refractivity contribution in [1.29, 1.82) is 0 Å². The number of nitrogens with one attached hydrogen (secondary N) is 1. The molecule has 1 N–H and O–H groups in total. The zero-order valence-electron chi connectivity index (χ0n) is 15.0. The van der Waals surface area contributed by atoms with Crippen molar-refractivity contribution in [1.82, 2.24) is 4.90 Å². The predicted octanol–water partition coefficient (Wildman–Crippen LogP) is 3.46. The van der Waals surface area contributed by atoms with Crippen LogP contribution in [0.15, 0.2) is 42.5 Å². The summed E-state index contributed by atoms with van der Waals surface area (Å²) in [6.07, 6.45) is 0.432. The van der Waals surface area contributed by atoms with Gasteiger partial charge < -0.3 is 19.7 Å². The van der Waals surface area contributed by atoms with E-state index in [0.717, 1.165) is 12.0 Å². The molecule has 0 bridgehead atoms. The van der Waals surface area contributed by atoms with Crippen LogP contribution in [-0.2, 0) is 17.7 Å². The molecule has 136 valence electrons. The first-order valence-electron chi connectivity index (χ1n) is 8.60. The van der Waals surface area contributed by atoms with E-state index in [2.05, 4.69) is 5.32 Å². The van der Waals surface area contributed by atoms with Crippen molar-refractivity contribution in [2.24, 2.45) is 0 Å². The fourth-order valence-corrected chi connectivity index (χ4v) is 3.05. The van der Waals surface area contributed by atoms with Crippen molar-refractivity contribution in [2.45, 2.75) is 19.9 Å². The summed E-state index contributed by atoms with van der Waals surface area (Å²) >= 11 is 0. The molecule has 2 aromatic rings. The number of nitrogens with zero attached hydrogens (tertiary/aromatic N) is 1. The topological polar surface area (TPSA) is 67.9 Å². The van der Waals surface area contributed by atoms with E-state index >= 15 is 0 Å². The first-order valence-corrected chi connectivity index (χ1v) is 8.60. The van der Waals surface area contributed by atoms with Gasteiger partial charge in [-0.05, 0) is 48.7 Å². The van der Waals surface area contributed by atoms with Gasteiger partial charge in [0.1, 0.15) is 5.75 Å². The van der Waals surface area contributed by atoms with Crippen LogP contribution in [0.2, 0.25) is 0 Å². The molecule has 1 heterocycles. The molecule has 1 aliphatic rings. The SMILES string of the molecule is CCOc1ccccc1C(=O)Nc1ccc2c(c1)CN(C(=O)OC)CC2. The van der Waals surface area contributed by atoms with E-state index in [1.165, 1.54) is 12.7 Å². The number of carbonyl (C=O) groups is 2. The number of anilines is 1. The Kier molecular flexibility index (Phi) is 5.41. The van der Waals surface area contributed by atoms with Crippen molar-refractivity contribution in [3.63, 3.8) is 0 Å². The van der Waals surface area contributed by atoms with Gasteiger partial charge in [0.2, 0.25) is 0 Å². The number of hydrogen-bond donors (Lipinski definition) is 1. The van der Waals surface area contributed by atoms with Crippen molar-refractivity contribution in [3.8, 4) is 5.75 Å². The molecule has 0 fully saturated rings. The summed E-state index contributed by atoms with van der Waals surface area (Å²) in [5.41, 5.74) is 3.37. The molecule has 1 aliphatic heterocycles. The lowest BCUT2D eigenvalue weighted by Crippen LogP contribution is -2.35. The van der Waals surface area contributed by atoms with Gasteiger partial charge in [0, 0.05) is 18.8 Å². The minimum absolute atomic E-state index is 0.227. The van der Waals surface area contributed by atoms with Crippen molar-refractivity contribution >= 4 is 17.7 Å². The molecule has 0 atom stereocenters. The highest BCUT2D eigenvalue weighted by Crippen LogP contribution is 2.25. The van der Waals surface area contributed by atoms with Gasteiger partial charge in [0.05, 0.1) is 19.3 Å². The number of fused-ring (bicyclic) bond motifs is 1. The van der Waals surface area contributed by atoms with E-state index in [4.69, 9.17) is 9.47 Å². The Balaban J connectivity index is 1.77. The van der Waals surface area contributed by atoms with Gasteiger partial charge >= 0.3 is 6.09 Å². The summed E-state index contributed by atoms with van der Waals surface area (Å²) in [6.45, 7) is 3.48. The molecular weight excluding hydrogens is 332 g/mol. The van der Waals surface area contributed by atoms with Crippen LogP contribution in [0.25, 0.3) is 0 Å². The average Bonchev–Trinajstić information content (AvgIpc) is 2.67. The number of amides is 2. The highest BCUT2D eigenvalue weighted by Gasteiger charge is 2.21. The maximum atomic E-state index is 12.6. The van der Waals surface area contributed by atoms with E-state index in [1.54, 1.807) is 23.1 Å². The number of ether oxygens (including phenoxy) is 2. The number of methoxy groups -OCH3 is 1. The molecule has 6 nitrogen and oxygen atoms in total. The first-order chi connectivity index (χ1) is 12.6. The Morgan fingerprint density at radius 3 is 2.73 bits per heavy atom. The molecule has 6 heteroatoms. The second kappa shape index (κ2) is 7.91. The summed E-state index contributed by atoms with van der Waals surface area (Å²) in [6, 6.07) is 12.9. The minimum atomic E-state index is -0.337. The quantitative estimate of drug-likeness (QED) is 0.913. The third kappa shape index (κ3) is 3.79. The molecule has 0 aromatic heterocycles. The Bertz CT molecular complexity index is 819. The standard InChI is InChI=1S/C20H22N2O4/c1-3-26-18-7-5-4-6-17(18)19(23)21-16-9-8-14-10-11-22(20(24)25-2)13-15(14)12-16/h4-9,12H,3,10-11,13H2,1-2H3,(H,21,23). The molecule has 2 amide bonds. The Morgan fingerprint density at radius 1 is 1.15 bits per heavy atom. The van der Waals surface area contributed by atoms with Crippen molar-refractivity contribution in [3.05, 3.63) is 59.2 Å². The highest BCUT2D eigenvalue weighted by molar-refractivity contribution is 6.06. The molecule has 2 aromatic carbocycles. The Labute approximate surface area is 152 Å². The Morgan fingerprint density at radius 2 is 1.96 bits per heavy atom. The molecular formula is C20H22N2O4. The molecule has 0 radical (unpaired) electrons. The summed E-state index contributed by atoms with van der Waals surface area (Å²) in [5, 5.41) is 2.91. The average molecular weight is 354 g/mol. The van der Waals surface area contributed by atoms with Crippen molar-refractivity contribution in [2.75, 3.05) is 25.6 Å². The normalized spacial score (nSPS) is 12.9. The smallest absolute Gasteiger partial charge is 0.409 e. The molecule has 26 heavy (non-hydrogen) atoms. The van der Waals surface area contributed by atoms with E-state index < -0.39 is 0 Å². The second-order valence-electron chi connectivity index (χ2n) is 6.01. The third-order valence-corrected chi connectivity index (χ3v) is 4.34. The molecule has 0 saturated heterocycles.